The molecule has 10 heavy (non-hydrogen) atoms. The van der Waals surface area contributed by atoms with Gasteiger partial charge in [0.25, 0.3) is 0 Å². The second-order valence-electron chi connectivity index (χ2n) is 1.94. The van der Waals surface area contributed by atoms with Crippen LogP contribution in [0.3, 0.4) is 0 Å². The highest BCUT2D eigenvalue weighted by molar-refractivity contribution is 6.18. The Kier molecular flexibility index (Phi) is 8.20. The van der Waals surface area contributed by atoms with Gasteiger partial charge in [0.05, 0.1) is 0 Å². The number of hydrogen-bond donors (Lipinski definition) is 1. The van der Waals surface area contributed by atoms with Gasteiger partial charge in [-0.15, -0.1) is 18.2 Å². The number of hydrogen-bond acceptors (Lipinski definition) is 1. The van der Waals surface area contributed by atoms with Gasteiger partial charge < -0.3 is 5.32 Å². The third kappa shape index (κ3) is 7.57. The zero-order chi connectivity index (χ0) is 7.66. The van der Waals surface area contributed by atoms with Crippen molar-refractivity contribution in [3.8, 4) is 0 Å². The minimum absolute atomic E-state index is 0.556. The smallest absolute Gasteiger partial charge is 0.0401 e. The average molecular weight is 160 g/mol. The van der Waals surface area contributed by atoms with Crippen LogP contribution in [0.5, 0.6) is 0 Å². The Hall–Kier alpha value is -0.430. The molecular formula is C8H14ClN. The molecule has 1 nitrogen and oxygen atoms in total. The van der Waals surface area contributed by atoms with Crippen LogP contribution in [0.15, 0.2) is 24.9 Å². The number of halogens is 1. The van der Waals surface area contributed by atoms with E-state index in [0.717, 1.165) is 6.54 Å². The summed E-state index contributed by atoms with van der Waals surface area (Å²) in [7, 11) is 0. The molecule has 1 aliphatic rings. The van der Waals surface area contributed by atoms with E-state index in [-0.39, 0.29) is 0 Å². The molecule has 1 rings (SSSR count). The summed E-state index contributed by atoms with van der Waals surface area (Å²) in [6, 6.07) is 0. The van der Waals surface area contributed by atoms with E-state index in [1.165, 1.54) is 12.8 Å². The molecule has 0 radical (unpaired) electrons. The highest BCUT2D eigenvalue weighted by atomic mass is 35.5. The van der Waals surface area contributed by atoms with Crippen molar-refractivity contribution in [2.45, 2.75) is 12.8 Å². The molecule has 58 valence electrons. The summed E-state index contributed by atoms with van der Waals surface area (Å²) in [6.45, 7) is 4.51. The van der Waals surface area contributed by atoms with Gasteiger partial charge in [-0.2, -0.15) is 0 Å². The van der Waals surface area contributed by atoms with Gasteiger partial charge in [-0.05, 0) is 19.0 Å². The van der Waals surface area contributed by atoms with Gasteiger partial charge in [0, 0.05) is 12.4 Å². The molecule has 0 spiro atoms. The first-order valence-electron chi connectivity index (χ1n) is 3.47. The van der Waals surface area contributed by atoms with Crippen LogP contribution in [-0.2, 0) is 0 Å². The molecule has 0 bridgehead atoms. The van der Waals surface area contributed by atoms with Crippen LogP contribution >= 0.6 is 11.6 Å². The van der Waals surface area contributed by atoms with E-state index in [0.29, 0.717) is 5.88 Å². The second-order valence-corrected chi connectivity index (χ2v) is 2.25. The van der Waals surface area contributed by atoms with Crippen molar-refractivity contribution in [2.75, 3.05) is 12.4 Å². The first-order chi connectivity index (χ1) is 4.91. The maximum atomic E-state index is 5.07. The molecule has 0 aromatic carbocycles. The van der Waals surface area contributed by atoms with Gasteiger partial charge in [-0.25, -0.2) is 0 Å². The van der Waals surface area contributed by atoms with Crippen molar-refractivity contribution in [3.05, 3.63) is 24.9 Å². The molecule has 1 N–H and O–H groups in total. The van der Waals surface area contributed by atoms with Crippen molar-refractivity contribution in [1.29, 1.82) is 0 Å². The lowest BCUT2D eigenvalue weighted by atomic mass is 10.2. The molecule has 0 unspecified atom stereocenters. The molecule has 0 aromatic heterocycles. The maximum Gasteiger partial charge on any atom is 0.0401 e. The first-order valence-corrected chi connectivity index (χ1v) is 4.00. The molecular weight excluding hydrogens is 146 g/mol. The fourth-order valence-corrected chi connectivity index (χ4v) is 0.572. The van der Waals surface area contributed by atoms with Gasteiger partial charge >= 0.3 is 0 Å². The number of allylic oxidation sites excluding steroid dienone is 2. The normalized spacial score (nSPS) is 14.5. The standard InChI is InChI=1S/C5H9N.C3H5Cl/c1-2-4-6-5-3-1;1-2-3-4/h2,4,6H,1,3,5H2;2H,1,3H2. The van der Waals surface area contributed by atoms with Gasteiger partial charge in [0.15, 0.2) is 0 Å². The molecule has 0 saturated carbocycles. The summed E-state index contributed by atoms with van der Waals surface area (Å²) < 4.78 is 0. The summed E-state index contributed by atoms with van der Waals surface area (Å²) in [5.74, 6) is 0.556. The van der Waals surface area contributed by atoms with Crippen molar-refractivity contribution in [3.63, 3.8) is 0 Å². The largest absolute Gasteiger partial charge is 0.391 e. The molecule has 2 heteroatoms. The van der Waals surface area contributed by atoms with Crippen LogP contribution in [0.25, 0.3) is 0 Å². The third-order valence-corrected chi connectivity index (χ3v) is 1.25. The van der Waals surface area contributed by atoms with E-state index in [1.54, 1.807) is 6.08 Å². The van der Waals surface area contributed by atoms with Gasteiger partial charge in [0.2, 0.25) is 0 Å². The average Bonchev–Trinajstić information content (AvgIpc) is 2.08. The van der Waals surface area contributed by atoms with E-state index in [4.69, 9.17) is 11.6 Å². The van der Waals surface area contributed by atoms with Crippen LogP contribution in [-0.4, -0.2) is 12.4 Å². The summed E-state index contributed by atoms with van der Waals surface area (Å²) in [6.07, 6.45) is 8.37. The molecule has 0 aromatic rings. The van der Waals surface area contributed by atoms with Crippen LogP contribution in [0.1, 0.15) is 12.8 Å². The van der Waals surface area contributed by atoms with Crippen molar-refractivity contribution >= 4 is 11.6 Å². The molecule has 0 fully saturated rings. The van der Waals surface area contributed by atoms with Crippen molar-refractivity contribution < 1.29 is 0 Å². The summed E-state index contributed by atoms with van der Waals surface area (Å²) in [4.78, 5) is 0. The van der Waals surface area contributed by atoms with E-state index in [2.05, 4.69) is 18.0 Å². The van der Waals surface area contributed by atoms with E-state index < -0.39 is 0 Å². The second kappa shape index (κ2) is 8.57. The topological polar surface area (TPSA) is 12.0 Å². The highest BCUT2D eigenvalue weighted by Crippen LogP contribution is 1.91. The number of rotatable bonds is 1. The summed E-state index contributed by atoms with van der Waals surface area (Å²) >= 11 is 5.07. The minimum Gasteiger partial charge on any atom is -0.391 e. The predicted octanol–water partition coefficient (Wildman–Crippen LogP) is 2.29. The lowest BCUT2D eigenvalue weighted by Crippen LogP contribution is -2.09. The van der Waals surface area contributed by atoms with Crippen molar-refractivity contribution in [1.82, 2.24) is 5.32 Å². The third-order valence-electron chi connectivity index (χ3n) is 1.04. The molecule has 0 amide bonds. The van der Waals surface area contributed by atoms with Crippen molar-refractivity contribution in [2.24, 2.45) is 0 Å². The number of nitrogens with one attached hydrogen (secondary N) is 1. The zero-order valence-corrected chi connectivity index (χ0v) is 6.90. The maximum absolute atomic E-state index is 5.07. The minimum atomic E-state index is 0.556. The fraction of sp³-hybridized carbons (Fsp3) is 0.500. The molecule has 0 aliphatic carbocycles. The Morgan fingerprint density at radius 3 is 2.50 bits per heavy atom. The van der Waals surface area contributed by atoms with Crippen LogP contribution in [0, 0.1) is 0 Å². The summed E-state index contributed by atoms with van der Waals surface area (Å²) in [5.41, 5.74) is 0. The Labute approximate surface area is 67.8 Å². The van der Waals surface area contributed by atoms with E-state index >= 15 is 0 Å². The monoisotopic (exact) mass is 159 g/mol. The first kappa shape index (κ1) is 9.57. The van der Waals surface area contributed by atoms with Gasteiger partial charge in [-0.1, -0.05) is 12.2 Å². The fourth-order valence-electron chi connectivity index (χ4n) is 0.572. The summed E-state index contributed by atoms with van der Waals surface area (Å²) in [5, 5.41) is 3.10. The molecule has 1 heterocycles. The van der Waals surface area contributed by atoms with Crippen LogP contribution in [0.2, 0.25) is 0 Å². The lowest BCUT2D eigenvalue weighted by Gasteiger charge is -2.02. The molecule has 0 atom stereocenters. The van der Waals surface area contributed by atoms with E-state index in [9.17, 15) is 0 Å². The van der Waals surface area contributed by atoms with Crippen LogP contribution in [0.4, 0.5) is 0 Å². The Morgan fingerprint density at radius 1 is 1.70 bits per heavy atom. The zero-order valence-electron chi connectivity index (χ0n) is 6.15. The Bertz CT molecular complexity index is 91.4. The Morgan fingerprint density at radius 2 is 2.40 bits per heavy atom. The number of alkyl halides is 1. The van der Waals surface area contributed by atoms with Crippen LogP contribution < -0.4 is 5.32 Å². The molecule has 1 aliphatic heterocycles. The van der Waals surface area contributed by atoms with Gasteiger partial charge in [-0.3, -0.25) is 0 Å². The molecule has 0 saturated heterocycles. The quantitative estimate of drug-likeness (QED) is 0.457. The Balaban J connectivity index is 0.000000180. The predicted molar refractivity (Wildman–Crippen MR) is 47.3 cm³/mol. The highest BCUT2D eigenvalue weighted by Gasteiger charge is 1.84. The lowest BCUT2D eigenvalue weighted by molar-refractivity contribution is 0.728. The SMILES string of the molecule is C1=CNCCC1.C=CCCl. The van der Waals surface area contributed by atoms with E-state index in [1.807, 2.05) is 6.20 Å². The van der Waals surface area contributed by atoms with Gasteiger partial charge in [0.1, 0.15) is 0 Å².